The number of sulfonamides is 2. The van der Waals surface area contributed by atoms with E-state index < -0.39 is 20.0 Å². The highest BCUT2D eigenvalue weighted by molar-refractivity contribution is 7.92. The fourth-order valence-electron chi connectivity index (χ4n) is 2.00. The molecule has 0 fully saturated rings. The molecule has 0 aliphatic carbocycles. The number of hydrogen-bond acceptors (Lipinski definition) is 5. The summed E-state index contributed by atoms with van der Waals surface area (Å²) in [6.07, 6.45) is 0. The van der Waals surface area contributed by atoms with Crippen LogP contribution in [0.5, 0.6) is 0 Å². The number of nitrogens with two attached hydrogens (primary N) is 1. The van der Waals surface area contributed by atoms with Gasteiger partial charge in [-0.1, -0.05) is 24.3 Å². The summed E-state index contributed by atoms with van der Waals surface area (Å²) in [5.41, 5.74) is 1.00. The zero-order chi connectivity index (χ0) is 18.0. The lowest BCUT2D eigenvalue weighted by Crippen LogP contribution is -2.15. The van der Waals surface area contributed by atoms with Crippen LogP contribution in [0.25, 0.3) is 0 Å². The summed E-state index contributed by atoms with van der Waals surface area (Å²) in [6.45, 7) is 1.35. The normalized spacial score (nSPS) is 11.9. The van der Waals surface area contributed by atoms with Crippen LogP contribution in [0.1, 0.15) is 22.8 Å². The molecule has 2 aromatic carbocycles. The van der Waals surface area contributed by atoms with Crippen LogP contribution >= 0.6 is 0 Å². The smallest absolute Gasteiger partial charge is 0.261 e. The molecule has 0 bridgehead atoms. The number of anilines is 1. The van der Waals surface area contributed by atoms with Gasteiger partial charge < -0.3 is 0 Å². The molecule has 0 aliphatic rings. The Morgan fingerprint density at radius 2 is 1.67 bits per heavy atom. The van der Waals surface area contributed by atoms with Gasteiger partial charge in [0.25, 0.3) is 10.0 Å². The van der Waals surface area contributed by atoms with Crippen LogP contribution in [-0.4, -0.2) is 22.6 Å². The zero-order valence-electron chi connectivity index (χ0n) is 12.8. The number of carbonyl (C=O) groups excluding carboxylic acids is 1. The van der Waals surface area contributed by atoms with E-state index in [1.54, 1.807) is 0 Å². The van der Waals surface area contributed by atoms with E-state index in [-0.39, 0.29) is 22.1 Å². The van der Waals surface area contributed by atoms with Gasteiger partial charge in [0.2, 0.25) is 10.0 Å². The van der Waals surface area contributed by atoms with Gasteiger partial charge in [0.1, 0.15) is 0 Å². The maximum atomic E-state index is 12.4. The summed E-state index contributed by atoms with van der Waals surface area (Å²) in [5.74, 6) is -0.569. The average molecular weight is 368 g/mol. The first kappa shape index (κ1) is 18.1. The van der Waals surface area contributed by atoms with Crippen LogP contribution in [0, 0.1) is 0 Å². The first-order chi connectivity index (χ1) is 11.1. The molecule has 0 atom stereocenters. The largest absolute Gasteiger partial charge is 0.295 e. The van der Waals surface area contributed by atoms with Crippen LogP contribution in [0.15, 0.2) is 53.4 Å². The summed E-state index contributed by atoms with van der Waals surface area (Å²) in [5, 5.41) is 4.96. The molecule has 0 radical (unpaired) electrons. The van der Waals surface area contributed by atoms with Gasteiger partial charge in [-0.3, -0.25) is 9.52 Å². The fraction of sp³-hybridized carbons (Fsp3) is 0.133. The summed E-state index contributed by atoms with van der Waals surface area (Å²) in [6, 6.07) is 11.5. The lowest BCUT2D eigenvalue weighted by atomic mass is 10.2. The van der Waals surface area contributed by atoms with E-state index in [0.29, 0.717) is 11.1 Å². The van der Waals surface area contributed by atoms with Crippen LogP contribution in [0.2, 0.25) is 0 Å². The van der Waals surface area contributed by atoms with Gasteiger partial charge in [0.05, 0.1) is 10.6 Å². The SMILES string of the molecule is CC(=O)c1cccc(S(=O)(=O)Nc2ccc(CS(N)(=O)=O)cc2)c1. The summed E-state index contributed by atoms with van der Waals surface area (Å²) in [7, 11) is -7.51. The van der Waals surface area contributed by atoms with Crippen molar-refractivity contribution in [1.29, 1.82) is 0 Å². The molecule has 9 heteroatoms. The van der Waals surface area contributed by atoms with Gasteiger partial charge in [0, 0.05) is 11.3 Å². The summed E-state index contributed by atoms with van der Waals surface area (Å²) < 4.78 is 49.1. The third kappa shape index (κ3) is 4.88. The Hall–Kier alpha value is -2.23. The van der Waals surface area contributed by atoms with Crippen molar-refractivity contribution in [3.63, 3.8) is 0 Å². The van der Waals surface area contributed by atoms with Crippen LogP contribution in [-0.2, 0) is 25.8 Å². The molecule has 0 aromatic heterocycles. The van der Waals surface area contributed by atoms with Crippen molar-refractivity contribution in [2.45, 2.75) is 17.6 Å². The lowest BCUT2D eigenvalue weighted by molar-refractivity contribution is 0.101. The number of nitrogens with one attached hydrogen (secondary N) is 1. The van der Waals surface area contributed by atoms with Crippen molar-refractivity contribution in [3.8, 4) is 0 Å². The Morgan fingerprint density at radius 3 is 2.21 bits per heavy atom. The molecule has 0 aliphatic heterocycles. The number of primary sulfonamides is 1. The van der Waals surface area contributed by atoms with E-state index in [1.165, 1.54) is 55.5 Å². The Morgan fingerprint density at radius 1 is 1.04 bits per heavy atom. The number of benzene rings is 2. The first-order valence-electron chi connectivity index (χ1n) is 6.80. The molecule has 3 N–H and O–H groups in total. The van der Waals surface area contributed by atoms with Gasteiger partial charge in [-0.25, -0.2) is 22.0 Å². The molecule has 2 aromatic rings. The minimum atomic E-state index is -3.86. The van der Waals surface area contributed by atoms with Gasteiger partial charge in [-0.2, -0.15) is 0 Å². The van der Waals surface area contributed by atoms with Crippen LogP contribution in [0.4, 0.5) is 5.69 Å². The highest BCUT2D eigenvalue weighted by atomic mass is 32.2. The second-order valence-corrected chi connectivity index (χ2v) is 8.49. The molecule has 0 saturated heterocycles. The van der Waals surface area contributed by atoms with Gasteiger partial charge in [-0.05, 0) is 36.8 Å². The fourth-order valence-corrected chi connectivity index (χ4v) is 3.76. The minimum absolute atomic E-state index is 0.0381. The van der Waals surface area contributed by atoms with E-state index in [4.69, 9.17) is 5.14 Å². The third-order valence-electron chi connectivity index (χ3n) is 3.12. The van der Waals surface area contributed by atoms with Crippen molar-refractivity contribution in [2.75, 3.05) is 4.72 Å². The van der Waals surface area contributed by atoms with E-state index in [1.807, 2.05) is 0 Å². The van der Waals surface area contributed by atoms with Crippen LogP contribution in [0.3, 0.4) is 0 Å². The van der Waals surface area contributed by atoms with Crippen molar-refractivity contribution >= 4 is 31.5 Å². The molecule has 0 spiro atoms. The summed E-state index contributed by atoms with van der Waals surface area (Å²) >= 11 is 0. The van der Waals surface area contributed by atoms with E-state index in [0.717, 1.165) is 0 Å². The molecule has 0 saturated carbocycles. The van der Waals surface area contributed by atoms with Crippen molar-refractivity contribution in [2.24, 2.45) is 5.14 Å². The van der Waals surface area contributed by atoms with Crippen LogP contribution < -0.4 is 9.86 Å². The third-order valence-corrected chi connectivity index (χ3v) is 5.24. The van der Waals surface area contributed by atoms with E-state index in [2.05, 4.69) is 4.72 Å². The zero-order valence-corrected chi connectivity index (χ0v) is 14.4. The number of hydrogen-bond donors (Lipinski definition) is 2. The first-order valence-corrected chi connectivity index (χ1v) is 10.00. The number of rotatable bonds is 6. The minimum Gasteiger partial charge on any atom is -0.295 e. The second-order valence-electron chi connectivity index (χ2n) is 5.19. The molecule has 24 heavy (non-hydrogen) atoms. The Kier molecular flexibility index (Phi) is 5.07. The topological polar surface area (TPSA) is 123 Å². The molecule has 2 rings (SSSR count). The molecular weight excluding hydrogens is 352 g/mol. The van der Waals surface area contributed by atoms with Crippen molar-refractivity contribution in [3.05, 3.63) is 59.7 Å². The van der Waals surface area contributed by atoms with E-state index >= 15 is 0 Å². The number of ketones is 1. The Bertz CT molecular complexity index is 965. The molecule has 0 amide bonds. The standard InChI is InChI=1S/C15H16N2O5S2/c1-11(18)13-3-2-4-15(9-13)24(21,22)17-14-7-5-12(6-8-14)10-23(16,19)20/h2-9,17H,10H2,1H3,(H2,16,19,20). The molecule has 7 nitrogen and oxygen atoms in total. The maximum absolute atomic E-state index is 12.4. The number of carbonyl (C=O) groups is 1. The monoisotopic (exact) mass is 368 g/mol. The van der Waals surface area contributed by atoms with Gasteiger partial charge in [-0.15, -0.1) is 0 Å². The highest BCUT2D eigenvalue weighted by Crippen LogP contribution is 2.18. The number of Topliss-reactive ketones (excluding diaryl/α,β-unsaturated/α-hetero) is 1. The van der Waals surface area contributed by atoms with Gasteiger partial charge >= 0.3 is 0 Å². The molecular formula is C15H16N2O5S2. The lowest BCUT2D eigenvalue weighted by Gasteiger charge is -2.09. The summed E-state index contributed by atoms with van der Waals surface area (Å²) in [4.78, 5) is 11.3. The van der Waals surface area contributed by atoms with E-state index in [9.17, 15) is 21.6 Å². The second kappa shape index (κ2) is 6.71. The van der Waals surface area contributed by atoms with Crippen molar-refractivity contribution in [1.82, 2.24) is 0 Å². The highest BCUT2D eigenvalue weighted by Gasteiger charge is 2.15. The molecule has 0 unspecified atom stereocenters. The van der Waals surface area contributed by atoms with Crippen molar-refractivity contribution < 1.29 is 21.6 Å². The molecule has 128 valence electrons. The quantitative estimate of drug-likeness (QED) is 0.748. The maximum Gasteiger partial charge on any atom is 0.261 e. The molecule has 0 heterocycles. The average Bonchev–Trinajstić information content (AvgIpc) is 2.48. The predicted octanol–water partition coefficient (Wildman–Crippen LogP) is 1.48. The Balaban J connectivity index is 2.23. The predicted molar refractivity (Wildman–Crippen MR) is 90.5 cm³/mol. The van der Waals surface area contributed by atoms with Gasteiger partial charge in [0.15, 0.2) is 5.78 Å². The Labute approximate surface area is 140 Å².